The SMILES string of the molecule is CCc1ccc2c(c1)C(NCS(=O)(=O)CC)CC(C)(C)O2. The Kier molecular flexibility index (Phi) is 4.63. The van der Waals surface area contributed by atoms with E-state index in [-0.39, 0.29) is 23.3 Å². The average molecular weight is 311 g/mol. The lowest BCUT2D eigenvalue weighted by molar-refractivity contribution is 0.0670. The quantitative estimate of drug-likeness (QED) is 0.908. The Morgan fingerprint density at radius 2 is 2.05 bits per heavy atom. The van der Waals surface area contributed by atoms with E-state index in [1.807, 2.05) is 19.9 Å². The topological polar surface area (TPSA) is 55.4 Å². The van der Waals surface area contributed by atoms with E-state index in [4.69, 9.17) is 4.74 Å². The standard InChI is InChI=1S/C16H25NO3S/c1-5-12-7-8-15-13(9-12)14(10-16(3,4)20-15)17-11-21(18,19)6-2/h7-9,14,17H,5-6,10-11H2,1-4H3. The first kappa shape index (κ1) is 16.3. The van der Waals surface area contributed by atoms with Gasteiger partial charge >= 0.3 is 0 Å². The largest absolute Gasteiger partial charge is 0.487 e. The second-order valence-electron chi connectivity index (χ2n) is 6.22. The molecular formula is C16H25NO3S. The van der Waals surface area contributed by atoms with Gasteiger partial charge in [0.05, 0.1) is 5.88 Å². The maximum absolute atomic E-state index is 11.7. The fraction of sp³-hybridized carbons (Fsp3) is 0.625. The fourth-order valence-electron chi connectivity index (χ4n) is 2.64. The minimum atomic E-state index is -3.03. The molecule has 1 N–H and O–H groups in total. The van der Waals surface area contributed by atoms with Crippen LogP contribution >= 0.6 is 0 Å². The molecule has 0 bridgehead atoms. The third kappa shape index (κ3) is 3.98. The number of nitrogens with one attached hydrogen (secondary N) is 1. The van der Waals surface area contributed by atoms with E-state index in [0.717, 1.165) is 24.2 Å². The van der Waals surface area contributed by atoms with Gasteiger partial charge in [0.2, 0.25) is 0 Å². The lowest BCUT2D eigenvalue weighted by Crippen LogP contribution is -2.41. The summed E-state index contributed by atoms with van der Waals surface area (Å²) in [4.78, 5) is 0. The number of sulfone groups is 1. The molecule has 1 aromatic carbocycles. The second-order valence-corrected chi connectivity index (χ2v) is 8.58. The van der Waals surface area contributed by atoms with E-state index in [2.05, 4.69) is 24.4 Å². The van der Waals surface area contributed by atoms with Crippen LogP contribution in [0.25, 0.3) is 0 Å². The summed E-state index contributed by atoms with van der Waals surface area (Å²) in [6.45, 7) is 7.85. The molecule has 0 amide bonds. The zero-order valence-corrected chi connectivity index (χ0v) is 14.1. The summed E-state index contributed by atoms with van der Waals surface area (Å²) in [6, 6.07) is 6.20. The van der Waals surface area contributed by atoms with E-state index in [9.17, 15) is 8.42 Å². The van der Waals surface area contributed by atoms with Gasteiger partial charge in [0.25, 0.3) is 0 Å². The summed E-state index contributed by atoms with van der Waals surface area (Å²) in [6.07, 6.45) is 1.71. The molecule has 1 heterocycles. The molecule has 118 valence electrons. The highest BCUT2D eigenvalue weighted by molar-refractivity contribution is 7.91. The molecular weight excluding hydrogens is 286 g/mol. The van der Waals surface area contributed by atoms with Gasteiger partial charge in [-0.1, -0.05) is 26.0 Å². The van der Waals surface area contributed by atoms with Gasteiger partial charge in [-0.2, -0.15) is 0 Å². The van der Waals surface area contributed by atoms with Crippen molar-refractivity contribution in [2.75, 3.05) is 11.6 Å². The third-order valence-corrected chi connectivity index (χ3v) is 5.42. The van der Waals surface area contributed by atoms with Crippen molar-refractivity contribution in [3.8, 4) is 5.75 Å². The lowest BCUT2D eigenvalue weighted by Gasteiger charge is -2.38. The van der Waals surface area contributed by atoms with E-state index >= 15 is 0 Å². The molecule has 5 heteroatoms. The molecule has 0 aromatic heterocycles. The van der Waals surface area contributed by atoms with E-state index in [0.29, 0.717) is 0 Å². The van der Waals surface area contributed by atoms with E-state index in [1.165, 1.54) is 5.56 Å². The number of ether oxygens (including phenoxy) is 1. The number of hydrogen-bond donors (Lipinski definition) is 1. The van der Waals surface area contributed by atoms with Gasteiger partial charge in [-0.25, -0.2) is 8.42 Å². The number of rotatable bonds is 5. The number of hydrogen-bond acceptors (Lipinski definition) is 4. The van der Waals surface area contributed by atoms with Crippen LogP contribution in [0.3, 0.4) is 0 Å². The Labute approximate surface area is 127 Å². The smallest absolute Gasteiger partial charge is 0.162 e. The van der Waals surface area contributed by atoms with E-state index < -0.39 is 9.84 Å². The average Bonchev–Trinajstić information content (AvgIpc) is 2.43. The van der Waals surface area contributed by atoms with Crippen LogP contribution in [0.5, 0.6) is 5.75 Å². The molecule has 1 aliphatic rings. The minimum absolute atomic E-state index is 0.0107. The highest BCUT2D eigenvalue weighted by Gasteiger charge is 2.34. The van der Waals surface area contributed by atoms with Crippen molar-refractivity contribution >= 4 is 9.84 Å². The molecule has 1 aliphatic heterocycles. The molecule has 0 saturated heterocycles. The first-order chi connectivity index (χ1) is 9.76. The van der Waals surface area contributed by atoms with Crippen LogP contribution in [0.15, 0.2) is 18.2 Å². The highest BCUT2D eigenvalue weighted by atomic mass is 32.2. The summed E-state index contributed by atoms with van der Waals surface area (Å²) >= 11 is 0. The zero-order chi connectivity index (χ0) is 15.7. The monoisotopic (exact) mass is 311 g/mol. The van der Waals surface area contributed by atoms with Crippen LogP contribution in [0.1, 0.15) is 51.3 Å². The number of fused-ring (bicyclic) bond motifs is 1. The van der Waals surface area contributed by atoms with Crippen molar-refractivity contribution in [1.29, 1.82) is 0 Å². The predicted octanol–water partition coefficient (Wildman–Crippen LogP) is 2.83. The van der Waals surface area contributed by atoms with Crippen LogP contribution in [0.4, 0.5) is 0 Å². The van der Waals surface area contributed by atoms with Crippen LogP contribution in [-0.4, -0.2) is 25.6 Å². The molecule has 1 aromatic rings. The number of benzene rings is 1. The maximum atomic E-state index is 11.7. The Morgan fingerprint density at radius 3 is 2.67 bits per heavy atom. The van der Waals surface area contributed by atoms with Gasteiger partial charge in [0, 0.05) is 23.8 Å². The van der Waals surface area contributed by atoms with Gasteiger partial charge in [-0.15, -0.1) is 0 Å². The Hall–Kier alpha value is -1.07. The predicted molar refractivity (Wildman–Crippen MR) is 85.3 cm³/mol. The van der Waals surface area contributed by atoms with Gasteiger partial charge in [-0.05, 0) is 31.9 Å². The van der Waals surface area contributed by atoms with Crippen LogP contribution in [0.2, 0.25) is 0 Å². The zero-order valence-electron chi connectivity index (χ0n) is 13.3. The molecule has 0 aliphatic carbocycles. The molecule has 0 spiro atoms. The molecule has 0 fully saturated rings. The van der Waals surface area contributed by atoms with Crippen molar-refractivity contribution < 1.29 is 13.2 Å². The molecule has 1 atom stereocenters. The van der Waals surface area contributed by atoms with Crippen molar-refractivity contribution in [3.05, 3.63) is 29.3 Å². The summed E-state index contributed by atoms with van der Waals surface area (Å²) < 4.78 is 29.5. The van der Waals surface area contributed by atoms with Crippen LogP contribution in [-0.2, 0) is 16.3 Å². The van der Waals surface area contributed by atoms with Gasteiger partial charge in [0.1, 0.15) is 11.4 Å². The molecule has 4 nitrogen and oxygen atoms in total. The van der Waals surface area contributed by atoms with Gasteiger partial charge < -0.3 is 4.74 Å². The maximum Gasteiger partial charge on any atom is 0.162 e. The summed E-state index contributed by atoms with van der Waals surface area (Å²) in [5.41, 5.74) is 2.01. The Bertz CT molecular complexity index is 608. The molecule has 2 rings (SSSR count). The van der Waals surface area contributed by atoms with Gasteiger partial charge in [0.15, 0.2) is 9.84 Å². The summed E-state index contributed by atoms with van der Waals surface area (Å²) in [5, 5.41) is 3.21. The third-order valence-electron chi connectivity index (χ3n) is 3.93. The highest BCUT2D eigenvalue weighted by Crippen LogP contribution is 2.39. The first-order valence-corrected chi connectivity index (χ1v) is 9.34. The lowest BCUT2D eigenvalue weighted by atomic mass is 9.89. The Balaban J connectivity index is 2.29. The van der Waals surface area contributed by atoms with Crippen molar-refractivity contribution in [2.45, 2.75) is 52.2 Å². The Morgan fingerprint density at radius 1 is 1.33 bits per heavy atom. The first-order valence-electron chi connectivity index (χ1n) is 7.52. The van der Waals surface area contributed by atoms with Crippen molar-refractivity contribution in [2.24, 2.45) is 0 Å². The summed E-state index contributed by atoms with van der Waals surface area (Å²) in [5.74, 6) is 1.03. The number of aryl methyl sites for hydroxylation is 1. The van der Waals surface area contributed by atoms with Crippen LogP contribution < -0.4 is 10.1 Å². The van der Waals surface area contributed by atoms with Crippen LogP contribution in [0, 0.1) is 0 Å². The van der Waals surface area contributed by atoms with Crippen molar-refractivity contribution in [1.82, 2.24) is 5.32 Å². The van der Waals surface area contributed by atoms with Crippen molar-refractivity contribution in [3.63, 3.8) is 0 Å². The van der Waals surface area contributed by atoms with Gasteiger partial charge in [-0.3, -0.25) is 5.32 Å². The molecule has 21 heavy (non-hydrogen) atoms. The van der Waals surface area contributed by atoms with E-state index in [1.54, 1.807) is 6.92 Å². The minimum Gasteiger partial charge on any atom is -0.487 e. The fourth-order valence-corrected chi connectivity index (χ4v) is 3.29. The normalized spacial score (nSPS) is 20.7. The summed E-state index contributed by atoms with van der Waals surface area (Å²) in [7, 11) is -3.03. The second kappa shape index (κ2) is 5.97. The molecule has 0 saturated carbocycles. The molecule has 1 unspecified atom stereocenters. The molecule has 0 radical (unpaired) electrons.